The summed E-state index contributed by atoms with van der Waals surface area (Å²) in [5.41, 5.74) is -2.14. The van der Waals surface area contributed by atoms with Gasteiger partial charge in [-0.05, 0) is 5.92 Å². The molecule has 3 fully saturated rings. The molecule has 3 heterocycles. The van der Waals surface area contributed by atoms with Crippen LogP contribution in [0, 0.1) is 11.8 Å². The number of carbonyl (C=O) groups excluding carboxylic acids is 1. The van der Waals surface area contributed by atoms with Crippen molar-refractivity contribution in [3.8, 4) is 0 Å². The maximum absolute atomic E-state index is 12.2. The van der Waals surface area contributed by atoms with Crippen LogP contribution in [0.15, 0.2) is 11.8 Å². The second-order valence-corrected chi connectivity index (χ2v) is 10.3. The molecular formula is C23H36O16. The molecule has 1 saturated carbocycles. The fourth-order valence-electron chi connectivity index (χ4n) is 5.54. The minimum absolute atomic E-state index is 0.228. The molecule has 4 aliphatic rings. The van der Waals surface area contributed by atoms with Crippen molar-refractivity contribution in [2.75, 3.05) is 20.3 Å². The Hall–Kier alpha value is -1.51. The maximum atomic E-state index is 12.2. The number of hydrogen-bond donors (Lipinski definition) is 9. The van der Waals surface area contributed by atoms with E-state index in [0.29, 0.717) is 0 Å². The molecule has 0 aromatic rings. The van der Waals surface area contributed by atoms with Crippen molar-refractivity contribution >= 4 is 5.97 Å². The zero-order valence-corrected chi connectivity index (χ0v) is 21.2. The summed E-state index contributed by atoms with van der Waals surface area (Å²) in [4.78, 5) is 12.2. The fourth-order valence-corrected chi connectivity index (χ4v) is 5.54. The van der Waals surface area contributed by atoms with Gasteiger partial charge in [-0.1, -0.05) is 6.92 Å². The summed E-state index contributed by atoms with van der Waals surface area (Å²) in [5.74, 6) is -2.56. The van der Waals surface area contributed by atoms with Crippen LogP contribution in [-0.4, -0.2) is 152 Å². The molecule has 0 unspecified atom stereocenters. The average Bonchev–Trinajstić information content (AvgIpc) is 3.15. The Bertz CT molecular complexity index is 899. The minimum Gasteiger partial charge on any atom is -0.471 e. The summed E-state index contributed by atoms with van der Waals surface area (Å²) >= 11 is 0. The van der Waals surface area contributed by atoms with E-state index >= 15 is 0 Å². The second kappa shape index (κ2) is 11.8. The van der Waals surface area contributed by atoms with E-state index in [4.69, 9.17) is 28.4 Å². The maximum Gasteiger partial charge on any atom is 0.339 e. The summed E-state index contributed by atoms with van der Waals surface area (Å²) in [5, 5.41) is 92.5. The van der Waals surface area contributed by atoms with E-state index in [2.05, 4.69) is 0 Å². The number of esters is 1. The topological polar surface area (TPSA) is 255 Å². The monoisotopic (exact) mass is 568 g/mol. The van der Waals surface area contributed by atoms with Crippen molar-refractivity contribution in [2.24, 2.45) is 11.8 Å². The first-order chi connectivity index (χ1) is 18.3. The van der Waals surface area contributed by atoms with Crippen LogP contribution in [0.3, 0.4) is 0 Å². The van der Waals surface area contributed by atoms with Crippen molar-refractivity contribution in [1.29, 1.82) is 0 Å². The molecule has 3 aliphatic heterocycles. The SMILES string of the molecule is COC(=O)C1=CO[C@@H](O[C@@H]2O[C@H](CO[C@@H]3O[C@H](CO)[C@H](O)[C@@H](O)[C@H]3O)[C@H](O)[C@@H](O)[C@H]2O)[C@@H]2[C@H](C)[C@@H](O)C[C@]12O. The van der Waals surface area contributed by atoms with E-state index in [1.54, 1.807) is 6.92 Å². The molecule has 4 rings (SSSR count). The standard InChI is InChI=1S/C23H36O16/c1-7-9(25)3-23(33)8(19(32)34-2)5-35-20(12(7)23)39-22-18(31)16(29)14(27)11(38-22)6-36-21-17(30)15(28)13(26)10(4-24)37-21/h5,7,9-18,20-22,24-31,33H,3-4,6H2,1-2H3/t7-,9+,10-,11-,12+,13+,14+,15-,16-,17-,18-,20+,21-,22+,23+/m1/s1. The van der Waals surface area contributed by atoms with Crippen LogP contribution in [-0.2, 0) is 33.2 Å². The molecule has 0 amide bonds. The first-order valence-electron chi connectivity index (χ1n) is 12.5. The third-order valence-electron chi connectivity index (χ3n) is 7.94. The number of aliphatic hydroxyl groups excluding tert-OH is 8. The number of aliphatic hydroxyl groups is 9. The molecule has 15 atom stereocenters. The predicted octanol–water partition coefficient (Wildman–Crippen LogP) is -5.21. The van der Waals surface area contributed by atoms with Gasteiger partial charge in [0.25, 0.3) is 0 Å². The molecule has 0 bridgehead atoms. The van der Waals surface area contributed by atoms with Gasteiger partial charge in [0.2, 0.25) is 6.29 Å². The number of fused-ring (bicyclic) bond motifs is 1. The van der Waals surface area contributed by atoms with Crippen molar-refractivity contribution in [3.63, 3.8) is 0 Å². The van der Waals surface area contributed by atoms with Crippen molar-refractivity contribution in [3.05, 3.63) is 11.8 Å². The summed E-state index contributed by atoms with van der Waals surface area (Å²) in [6.45, 7) is 0.331. The number of carbonyl (C=O) groups is 1. The molecular weight excluding hydrogens is 532 g/mol. The molecule has 0 radical (unpaired) electrons. The Balaban J connectivity index is 1.47. The lowest BCUT2D eigenvalue weighted by Crippen LogP contribution is -2.62. The zero-order valence-electron chi connectivity index (χ0n) is 21.2. The highest BCUT2D eigenvalue weighted by atomic mass is 16.8. The molecule has 1 aliphatic carbocycles. The van der Waals surface area contributed by atoms with Crippen LogP contribution in [0.4, 0.5) is 0 Å². The van der Waals surface area contributed by atoms with Crippen LogP contribution < -0.4 is 0 Å². The van der Waals surface area contributed by atoms with Gasteiger partial charge in [-0.2, -0.15) is 0 Å². The highest BCUT2D eigenvalue weighted by Crippen LogP contribution is 2.50. The predicted molar refractivity (Wildman–Crippen MR) is 121 cm³/mol. The van der Waals surface area contributed by atoms with Crippen LogP contribution in [0.2, 0.25) is 0 Å². The van der Waals surface area contributed by atoms with Gasteiger partial charge in [0, 0.05) is 6.42 Å². The van der Waals surface area contributed by atoms with Gasteiger partial charge >= 0.3 is 5.97 Å². The Labute approximate surface area is 222 Å². The quantitative estimate of drug-likeness (QED) is 0.130. The lowest BCUT2D eigenvalue weighted by atomic mass is 9.79. The van der Waals surface area contributed by atoms with Crippen LogP contribution in [0.25, 0.3) is 0 Å². The van der Waals surface area contributed by atoms with Crippen molar-refractivity contribution in [1.82, 2.24) is 0 Å². The van der Waals surface area contributed by atoms with Gasteiger partial charge in [0.15, 0.2) is 12.6 Å². The largest absolute Gasteiger partial charge is 0.471 e. The summed E-state index contributed by atoms with van der Waals surface area (Å²) in [7, 11) is 1.12. The Morgan fingerprint density at radius 3 is 2.13 bits per heavy atom. The first kappa shape index (κ1) is 30.4. The van der Waals surface area contributed by atoms with Gasteiger partial charge in [-0.3, -0.25) is 0 Å². The van der Waals surface area contributed by atoms with Gasteiger partial charge < -0.3 is 74.4 Å². The first-order valence-corrected chi connectivity index (χ1v) is 12.5. The van der Waals surface area contributed by atoms with E-state index in [0.717, 1.165) is 13.4 Å². The van der Waals surface area contributed by atoms with Gasteiger partial charge in [-0.25, -0.2) is 4.79 Å². The Morgan fingerprint density at radius 1 is 0.923 bits per heavy atom. The molecule has 224 valence electrons. The second-order valence-electron chi connectivity index (χ2n) is 10.3. The lowest BCUT2D eigenvalue weighted by molar-refractivity contribution is -0.357. The molecule has 9 N–H and O–H groups in total. The minimum atomic E-state index is -1.90. The summed E-state index contributed by atoms with van der Waals surface area (Å²) < 4.78 is 32.2. The van der Waals surface area contributed by atoms with Crippen molar-refractivity contribution < 1.29 is 79.2 Å². The van der Waals surface area contributed by atoms with E-state index in [1.165, 1.54) is 0 Å². The molecule has 16 nitrogen and oxygen atoms in total. The molecule has 39 heavy (non-hydrogen) atoms. The number of ether oxygens (including phenoxy) is 6. The highest BCUT2D eigenvalue weighted by molar-refractivity contribution is 5.90. The summed E-state index contributed by atoms with van der Waals surface area (Å²) in [6, 6.07) is 0. The third kappa shape index (κ3) is 5.42. The third-order valence-corrected chi connectivity index (χ3v) is 7.94. The van der Waals surface area contributed by atoms with Crippen LogP contribution in [0.5, 0.6) is 0 Å². The molecule has 0 spiro atoms. The normalized spacial score (nSPS) is 50.1. The van der Waals surface area contributed by atoms with Gasteiger partial charge in [0.1, 0.15) is 60.0 Å². The van der Waals surface area contributed by atoms with E-state index in [1.807, 2.05) is 0 Å². The van der Waals surface area contributed by atoms with Crippen LogP contribution >= 0.6 is 0 Å². The number of methoxy groups -OCH3 is 1. The number of rotatable bonds is 7. The fraction of sp³-hybridized carbons (Fsp3) is 0.870. The summed E-state index contributed by atoms with van der Waals surface area (Å²) in [6.07, 6.45) is -18.0. The highest BCUT2D eigenvalue weighted by Gasteiger charge is 2.61. The van der Waals surface area contributed by atoms with E-state index in [9.17, 15) is 50.8 Å². The molecule has 2 saturated heterocycles. The molecule has 0 aromatic carbocycles. The van der Waals surface area contributed by atoms with E-state index in [-0.39, 0.29) is 12.0 Å². The number of hydrogen-bond acceptors (Lipinski definition) is 16. The van der Waals surface area contributed by atoms with Gasteiger partial charge in [0.05, 0.1) is 38.6 Å². The zero-order chi connectivity index (χ0) is 28.8. The Kier molecular flexibility index (Phi) is 9.19. The molecule has 0 aromatic heterocycles. The smallest absolute Gasteiger partial charge is 0.339 e. The molecule has 16 heteroatoms. The van der Waals surface area contributed by atoms with Gasteiger partial charge in [-0.15, -0.1) is 0 Å². The Morgan fingerprint density at radius 2 is 1.51 bits per heavy atom. The van der Waals surface area contributed by atoms with E-state index < -0.39 is 110 Å². The van der Waals surface area contributed by atoms with Crippen molar-refractivity contribution in [2.45, 2.75) is 92.8 Å². The lowest BCUT2D eigenvalue weighted by Gasteiger charge is -2.45. The average molecular weight is 569 g/mol. The van der Waals surface area contributed by atoms with Crippen LogP contribution in [0.1, 0.15) is 13.3 Å².